The third kappa shape index (κ3) is 2.61. The molecule has 1 aliphatic rings. The Balaban J connectivity index is 2.29. The average molecular weight is 259 g/mol. The van der Waals surface area contributed by atoms with Crippen LogP contribution in [0.5, 0.6) is 0 Å². The Morgan fingerprint density at radius 2 is 2.21 bits per heavy atom. The maximum atomic E-state index is 9.23. The number of hydrogen-bond donors (Lipinski definition) is 2. The SMILES string of the molecule is N#CCCn1nc(N2CCCC(N)C2)c(C#N)c1N. The fourth-order valence-corrected chi connectivity index (χ4v) is 2.32. The van der Waals surface area contributed by atoms with Gasteiger partial charge < -0.3 is 16.4 Å². The minimum atomic E-state index is 0.103. The molecule has 0 spiro atoms. The highest BCUT2D eigenvalue weighted by Crippen LogP contribution is 2.26. The van der Waals surface area contributed by atoms with Crippen LogP contribution in [0, 0.1) is 22.7 Å². The van der Waals surface area contributed by atoms with Crippen molar-refractivity contribution >= 4 is 11.6 Å². The first-order valence-electron chi connectivity index (χ1n) is 6.31. The van der Waals surface area contributed by atoms with Crippen molar-refractivity contribution in [2.45, 2.75) is 31.8 Å². The summed E-state index contributed by atoms with van der Waals surface area (Å²) in [6.45, 7) is 1.91. The van der Waals surface area contributed by atoms with Gasteiger partial charge in [-0.25, -0.2) is 4.68 Å². The van der Waals surface area contributed by atoms with Gasteiger partial charge in [0.05, 0.1) is 19.0 Å². The summed E-state index contributed by atoms with van der Waals surface area (Å²) in [5, 5.41) is 22.2. The van der Waals surface area contributed by atoms with Crippen molar-refractivity contribution in [3.05, 3.63) is 5.56 Å². The number of nitrogen functional groups attached to an aromatic ring is 1. The third-order valence-electron chi connectivity index (χ3n) is 3.28. The zero-order chi connectivity index (χ0) is 13.8. The molecule has 4 N–H and O–H groups in total. The van der Waals surface area contributed by atoms with E-state index in [1.165, 1.54) is 4.68 Å². The van der Waals surface area contributed by atoms with Gasteiger partial charge in [0.2, 0.25) is 0 Å². The number of hydrogen-bond acceptors (Lipinski definition) is 6. The first-order valence-corrected chi connectivity index (χ1v) is 6.31. The fraction of sp³-hybridized carbons (Fsp3) is 0.583. The van der Waals surface area contributed by atoms with Crippen LogP contribution >= 0.6 is 0 Å². The first kappa shape index (κ1) is 13.2. The van der Waals surface area contributed by atoms with Gasteiger partial charge in [0.25, 0.3) is 0 Å². The standard InChI is InChI=1S/C12H17N7/c13-4-2-6-19-11(16)10(7-14)12(17-19)18-5-1-3-9(15)8-18/h9H,1-3,5-6,8,15-16H2. The van der Waals surface area contributed by atoms with E-state index in [9.17, 15) is 5.26 Å². The number of anilines is 2. The summed E-state index contributed by atoms with van der Waals surface area (Å²) in [6, 6.07) is 4.25. The molecule has 0 aromatic carbocycles. The highest BCUT2D eigenvalue weighted by molar-refractivity contribution is 5.65. The van der Waals surface area contributed by atoms with Crippen molar-refractivity contribution in [3.63, 3.8) is 0 Å². The first-order chi connectivity index (χ1) is 9.17. The van der Waals surface area contributed by atoms with Gasteiger partial charge in [-0.2, -0.15) is 15.6 Å². The van der Waals surface area contributed by atoms with Crippen molar-refractivity contribution in [2.24, 2.45) is 5.73 Å². The van der Waals surface area contributed by atoms with Crippen molar-refractivity contribution in [2.75, 3.05) is 23.7 Å². The lowest BCUT2D eigenvalue weighted by Gasteiger charge is -2.30. The second-order valence-corrected chi connectivity index (χ2v) is 4.68. The molecule has 1 atom stereocenters. The maximum absolute atomic E-state index is 9.23. The molecule has 2 rings (SSSR count). The molecule has 1 aliphatic heterocycles. The number of aromatic nitrogens is 2. The lowest BCUT2D eigenvalue weighted by molar-refractivity contribution is 0.499. The number of piperidine rings is 1. The van der Waals surface area contributed by atoms with Crippen LogP contribution in [-0.2, 0) is 6.54 Å². The Hall–Kier alpha value is -2.25. The van der Waals surface area contributed by atoms with Crippen LogP contribution < -0.4 is 16.4 Å². The van der Waals surface area contributed by atoms with Gasteiger partial charge in [-0.3, -0.25) is 0 Å². The monoisotopic (exact) mass is 259 g/mol. The summed E-state index contributed by atoms with van der Waals surface area (Å²) in [5.41, 5.74) is 12.2. The Kier molecular flexibility index (Phi) is 3.88. The van der Waals surface area contributed by atoms with Crippen LogP contribution in [0.2, 0.25) is 0 Å². The summed E-state index contributed by atoms with van der Waals surface area (Å²) < 4.78 is 1.53. The molecule has 0 radical (unpaired) electrons. The van der Waals surface area contributed by atoms with E-state index in [-0.39, 0.29) is 6.04 Å². The molecule has 1 saturated heterocycles. The van der Waals surface area contributed by atoms with Gasteiger partial charge in [0.1, 0.15) is 17.5 Å². The molecule has 7 heteroatoms. The van der Waals surface area contributed by atoms with Crippen LogP contribution in [-0.4, -0.2) is 28.9 Å². The van der Waals surface area contributed by atoms with E-state index in [0.717, 1.165) is 19.4 Å². The predicted octanol–water partition coefficient (Wildman–Crippen LogP) is 0.178. The number of nitrogens with zero attached hydrogens (tertiary/aromatic N) is 5. The molecular formula is C12H17N7. The molecule has 1 aromatic rings. The van der Waals surface area contributed by atoms with Crippen LogP contribution in [0.1, 0.15) is 24.8 Å². The highest BCUT2D eigenvalue weighted by Gasteiger charge is 2.24. The molecule has 1 fully saturated rings. The molecule has 0 amide bonds. The van der Waals surface area contributed by atoms with Crippen molar-refractivity contribution in [1.29, 1.82) is 10.5 Å². The molecule has 0 bridgehead atoms. The van der Waals surface area contributed by atoms with Gasteiger partial charge in [0.15, 0.2) is 5.82 Å². The normalized spacial score (nSPS) is 18.9. The minimum Gasteiger partial charge on any atom is -0.383 e. The van der Waals surface area contributed by atoms with Crippen LogP contribution in [0.25, 0.3) is 0 Å². The molecule has 1 aromatic heterocycles. The fourth-order valence-electron chi connectivity index (χ4n) is 2.32. The molecule has 2 heterocycles. The number of nitrogens with two attached hydrogens (primary N) is 2. The second kappa shape index (κ2) is 5.59. The van der Waals surface area contributed by atoms with Crippen molar-refractivity contribution < 1.29 is 0 Å². The summed E-state index contributed by atoms with van der Waals surface area (Å²) in [6.07, 6.45) is 2.29. The minimum absolute atomic E-state index is 0.103. The number of rotatable bonds is 3. The Labute approximate surface area is 112 Å². The molecule has 19 heavy (non-hydrogen) atoms. The van der Waals surface area contributed by atoms with Crippen LogP contribution in [0.3, 0.4) is 0 Å². The van der Waals surface area contributed by atoms with Crippen molar-refractivity contribution in [1.82, 2.24) is 9.78 Å². The molecular weight excluding hydrogens is 242 g/mol. The Bertz CT molecular complexity index is 533. The van der Waals surface area contributed by atoms with Gasteiger partial charge in [-0.1, -0.05) is 0 Å². The van der Waals surface area contributed by atoms with E-state index in [4.69, 9.17) is 16.7 Å². The van der Waals surface area contributed by atoms with E-state index >= 15 is 0 Å². The second-order valence-electron chi connectivity index (χ2n) is 4.68. The van der Waals surface area contributed by atoms with E-state index in [1.807, 2.05) is 11.0 Å². The van der Waals surface area contributed by atoms with Crippen LogP contribution in [0.15, 0.2) is 0 Å². The third-order valence-corrected chi connectivity index (χ3v) is 3.28. The smallest absolute Gasteiger partial charge is 0.170 e. The summed E-state index contributed by atoms with van der Waals surface area (Å²) in [7, 11) is 0. The molecule has 100 valence electrons. The molecule has 0 aliphatic carbocycles. The maximum Gasteiger partial charge on any atom is 0.170 e. The molecule has 0 saturated carbocycles. The quantitative estimate of drug-likeness (QED) is 0.798. The molecule has 7 nitrogen and oxygen atoms in total. The average Bonchev–Trinajstić information content (AvgIpc) is 2.73. The lowest BCUT2D eigenvalue weighted by Crippen LogP contribution is -2.43. The molecule has 1 unspecified atom stereocenters. The Morgan fingerprint density at radius 3 is 2.84 bits per heavy atom. The van der Waals surface area contributed by atoms with Gasteiger partial charge in [0, 0.05) is 19.1 Å². The topological polar surface area (TPSA) is 121 Å². The van der Waals surface area contributed by atoms with E-state index in [1.54, 1.807) is 0 Å². The number of aryl methyl sites for hydroxylation is 1. The largest absolute Gasteiger partial charge is 0.383 e. The van der Waals surface area contributed by atoms with Gasteiger partial charge >= 0.3 is 0 Å². The summed E-state index contributed by atoms with van der Waals surface area (Å²) in [4.78, 5) is 2.01. The summed E-state index contributed by atoms with van der Waals surface area (Å²) >= 11 is 0. The zero-order valence-electron chi connectivity index (χ0n) is 10.7. The zero-order valence-corrected chi connectivity index (χ0v) is 10.7. The van der Waals surface area contributed by atoms with E-state index in [0.29, 0.717) is 36.7 Å². The van der Waals surface area contributed by atoms with Crippen molar-refractivity contribution in [3.8, 4) is 12.1 Å². The van der Waals surface area contributed by atoms with Gasteiger partial charge in [-0.05, 0) is 12.8 Å². The van der Waals surface area contributed by atoms with E-state index in [2.05, 4.69) is 11.2 Å². The van der Waals surface area contributed by atoms with Gasteiger partial charge in [-0.15, -0.1) is 0 Å². The summed E-state index contributed by atoms with van der Waals surface area (Å²) in [5.74, 6) is 0.917. The Morgan fingerprint density at radius 1 is 1.42 bits per heavy atom. The van der Waals surface area contributed by atoms with E-state index < -0.39 is 0 Å². The lowest BCUT2D eigenvalue weighted by atomic mass is 10.1. The van der Waals surface area contributed by atoms with Crippen LogP contribution in [0.4, 0.5) is 11.6 Å². The highest BCUT2D eigenvalue weighted by atomic mass is 15.4. The predicted molar refractivity (Wildman–Crippen MR) is 71.0 cm³/mol. The number of nitriles is 2.